The van der Waals surface area contributed by atoms with E-state index in [1.54, 1.807) is 12.4 Å². The van der Waals surface area contributed by atoms with E-state index in [-0.39, 0.29) is 23.6 Å². The molecule has 0 spiro atoms. The van der Waals surface area contributed by atoms with Crippen LogP contribution < -0.4 is 9.16 Å². The number of ether oxygens (including phenoxy) is 1. The molecule has 2 aromatic carbocycles. The van der Waals surface area contributed by atoms with Crippen molar-refractivity contribution >= 4 is 9.76 Å². The average molecular weight is 695 g/mol. The minimum absolute atomic E-state index is 0.0500. The smallest absolute Gasteiger partial charge is 0.315 e. The van der Waals surface area contributed by atoms with Crippen LogP contribution in [0.4, 0.5) is 13.2 Å². The Labute approximate surface area is 295 Å². The Morgan fingerprint density at radius 2 is 1.53 bits per heavy atom. The van der Waals surface area contributed by atoms with E-state index in [4.69, 9.17) is 9.16 Å². The lowest BCUT2D eigenvalue weighted by Crippen LogP contribution is -2.30. The summed E-state index contributed by atoms with van der Waals surface area (Å²) in [5.41, 5.74) is 0.881. The SMILES string of the molecule is CCCCC(C)CC(C)CC[SiH2]Oc1ccccc1-c1cnc(-c2ccc3c(c2F)C(F)(F)C(CCCCCCCCCC2CC2)O3)nc1. The first-order valence-electron chi connectivity index (χ1n) is 19.2. The maximum absolute atomic E-state index is 15.8. The van der Waals surface area contributed by atoms with Gasteiger partial charge in [0.2, 0.25) is 9.76 Å². The van der Waals surface area contributed by atoms with Crippen LogP contribution in [0.1, 0.15) is 129 Å². The summed E-state index contributed by atoms with van der Waals surface area (Å²) in [6, 6.07) is 11.8. The molecule has 1 saturated carbocycles. The predicted octanol–water partition coefficient (Wildman–Crippen LogP) is 11.8. The highest BCUT2D eigenvalue weighted by molar-refractivity contribution is 6.28. The van der Waals surface area contributed by atoms with Crippen LogP contribution in [0.3, 0.4) is 0 Å². The Kier molecular flexibility index (Phi) is 14.0. The highest BCUT2D eigenvalue weighted by Crippen LogP contribution is 2.50. The molecule has 0 radical (unpaired) electrons. The van der Waals surface area contributed by atoms with Gasteiger partial charge >= 0.3 is 5.92 Å². The summed E-state index contributed by atoms with van der Waals surface area (Å²) in [6.45, 7) is 6.96. The third-order valence-electron chi connectivity index (χ3n) is 10.4. The van der Waals surface area contributed by atoms with Gasteiger partial charge in [0.25, 0.3) is 0 Å². The van der Waals surface area contributed by atoms with Crippen molar-refractivity contribution in [3.8, 4) is 34.0 Å². The van der Waals surface area contributed by atoms with Gasteiger partial charge in [-0.1, -0.05) is 122 Å². The van der Waals surface area contributed by atoms with Gasteiger partial charge in [-0.05, 0) is 61.3 Å². The second-order valence-corrected chi connectivity index (χ2v) is 16.3. The van der Waals surface area contributed by atoms with Gasteiger partial charge in [0.15, 0.2) is 11.9 Å². The number of para-hydroxylation sites is 1. The molecule has 268 valence electrons. The van der Waals surface area contributed by atoms with Gasteiger partial charge in [-0.3, -0.25) is 0 Å². The molecule has 4 nitrogen and oxygen atoms in total. The van der Waals surface area contributed by atoms with Crippen LogP contribution in [0.2, 0.25) is 6.04 Å². The zero-order valence-corrected chi connectivity index (χ0v) is 31.4. The monoisotopic (exact) mass is 694 g/mol. The highest BCUT2D eigenvalue weighted by atomic mass is 28.2. The fourth-order valence-electron chi connectivity index (χ4n) is 7.35. The van der Waals surface area contributed by atoms with E-state index in [1.807, 2.05) is 24.3 Å². The molecule has 0 saturated heterocycles. The normalized spacial score (nSPS) is 18.0. The Balaban J connectivity index is 1.12. The first kappa shape index (κ1) is 37.4. The standard InChI is InChI=1S/C41H57F3N2O2Si/c1-4-5-15-29(2)26-30(3)24-25-49-48-35-18-14-13-17-33(35)32-27-45-40(46-28-32)34-22-23-36-38(39(34)42)41(43,44)37(47-36)19-12-10-8-6-7-9-11-16-31-20-21-31/h13-14,17-18,22-23,27-31,37H,4-12,15-16,19-21,24-26,49H2,1-3H3. The van der Waals surface area contributed by atoms with Crippen molar-refractivity contribution in [2.24, 2.45) is 17.8 Å². The van der Waals surface area contributed by atoms with Crippen molar-refractivity contribution < 1.29 is 22.3 Å². The largest absolute Gasteiger partial charge is 0.549 e. The van der Waals surface area contributed by atoms with Crippen LogP contribution >= 0.6 is 0 Å². The lowest BCUT2D eigenvalue weighted by molar-refractivity contribution is -0.0811. The van der Waals surface area contributed by atoms with E-state index in [9.17, 15) is 0 Å². The van der Waals surface area contributed by atoms with Crippen LogP contribution in [0.25, 0.3) is 22.5 Å². The summed E-state index contributed by atoms with van der Waals surface area (Å²) < 4.78 is 58.8. The fraction of sp³-hybridized carbons (Fsp3) is 0.610. The van der Waals surface area contributed by atoms with Crippen molar-refractivity contribution in [2.75, 3.05) is 0 Å². The average Bonchev–Trinajstić information content (AvgIpc) is 3.88. The van der Waals surface area contributed by atoms with Crippen LogP contribution in [0, 0.1) is 23.6 Å². The fourth-order valence-corrected chi connectivity index (χ4v) is 8.83. The molecular weight excluding hydrogens is 638 g/mol. The van der Waals surface area contributed by atoms with Gasteiger partial charge in [-0.2, -0.15) is 8.78 Å². The number of aromatic nitrogens is 2. The minimum atomic E-state index is -3.41. The van der Waals surface area contributed by atoms with E-state index in [1.165, 1.54) is 82.8 Å². The second-order valence-electron chi connectivity index (χ2n) is 14.9. The molecule has 49 heavy (non-hydrogen) atoms. The van der Waals surface area contributed by atoms with Crippen LogP contribution in [0.5, 0.6) is 11.5 Å². The molecule has 0 amide bonds. The number of hydrogen-bond donors (Lipinski definition) is 0. The first-order chi connectivity index (χ1) is 23.8. The van der Waals surface area contributed by atoms with Gasteiger partial charge in [0, 0.05) is 23.5 Å². The first-order valence-corrected chi connectivity index (χ1v) is 20.8. The maximum Gasteiger partial charge on any atom is 0.315 e. The molecule has 1 aliphatic heterocycles. The lowest BCUT2D eigenvalue weighted by Gasteiger charge is -2.18. The Morgan fingerprint density at radius 1 is 0.857 bits per heavy atom. The molecule has 8 heteroatoms. The van der Waals surface area contributed by atoms with Crippen molar-refractivity contribution in [3.63, 3.8) is 0 Å². The summed E-state index contributed by atoms with van der Waals surface area (Å²) in [5.74, 6) is -1.19. The lowest BCUT2D eigenvalue weighted by atomic mass is 9.92. The Morgan fingerprint density at radius 3 is 2.24 bits per heavy atom. The van der Waals surface area contributed by atoms with Gasteiger partial charge in [-0.25, -0.2) is 14.4 Å². The van der Waals surface area contributed by atoms with Crippen molar-refractivity contribution in [1.29, 1.82) is 0 Å². The van der Waals surface area contributed by atoms with Gasteiger partial charge in [0.1, 0.15) is 22.9 Å². The maximum atomic E-state index is 15.8. The number of nitrogens with zero attached hydrogens (tertiary/aromatic N) is 2. The highest BCUT2D eigenvalue weighted by Gasteiger charge is 2.53. The zero-order valence-electron chi connectivity index (χ0n) is 30.0. The summed E-state index contributed by atoms with van der Waals surface area (Å²) in [4.78, 5) is 8.83. The molecule has 2 aliphatic rings. The van der Waals surface area contributed by atoms with E-state index in [2.05, 4.69) is 30.7 Å². The number of unbranched alkanes of at least 4 members (excludes halogenated alkanes) is 7. The molecule has 5 rings (SSSR count). The minimum Gasteiger partial charge on any atom is -0.549 e. The van der Waals surface area contributed by atoms with E-state index in [0.717, 1.165) is 54.0 Å². The predicted molar refractivity (Wildman–Crippen MR) is 197 cm³/mol. The number of halogens is 3. The molecule has 1 aliphatic carbocycles. The molecular formula is C41H57F3N2O2Si. The number of rotatable bonds is 22. The Hall–Kier alpha value is -2.87. The number of benzene rings is 2. The zero-order chi connectivity index (χ0) is 34.6. The van der Waals surface area contributed by atoms with Crippen LogP contribution in [-0.4, -0.2) is 25.8 Å². The molecule has 0 bridgehead atoms. The van der Waals surface area contributed by atoms with Gasteiger partial charge < -0.3 is 9.16 Å². The van der Waals surface area contributed by atoms with Crippen molar-refractivity contribution in [3.05, 3.63) is 60.2 Å². The van der Waals surface area contributed by atoms with E-state index in [0.29, 0.717) is 12.3 Å². The number of hydrogen-bond acceptors (Lipinski definition) is 4. The van der Waals surface area contributed by atoms with Gasteiger partial charge in [-0.15, -0.1) is 0 Å². The molecule has 1 aromatic heterocycles. The molecule has 0 N–H and O–H groups in total. The quantitative estimate of drug-likeness (QED) is 0.0776. The van der Waals surface area contributed by atoms with E-state index >= 15 is 13.2 Å². The summed E-state index contributed by atoms with van der Waals surface area (Å²) >= 11 is 0. The Bertz CT molecular complexity index is 1450. The second kappa shape index (κ2) is 18.4. The molecule has 1 fully saturated rings. The third kappa shape index (κ3) is 10.6. The molecule has 3 atom stereocenters. The molecule has 2 heterocycles. The van der Waals surface area contributed by atoms with Gasteiger partial charge in [0.05, 0.1) is 5.56 Å². The number of alkyl halides is 2. The van der Waals surface area contributed by atoms with Crippen LogP contribution in [-0.2, 0) is 5.92 Å². The molecule has 3 unspecified atom stereocenters. The summed E-state index contributed by atoms with van der Waals surface area (Å²) in [6.07, 6.45) is 20.1. The van der Waals surface area contributed by atoms with Crippen molar-refractivity contribution in [1.82, 2.24) is 9.97 Å². The third-order valence-corrected chi connectivity index (χ3v) is 11.6. The summed E-state index contributed by atoms with van der Waals surface area (Å²) in [5, 5.41) is 0. The van der Waals surface area contributed by atoms with Crippen molar-refractivity contribution in [2.45, 2.75) is 142 Å². The summed E-state index contributed by atoms with van der Waals surface area (Å²) in [7, 11) is -0.768. The van der Waals surface area contributed by atoms with Crippen LogP contribution in [0.15, 0.2) is 48.8 Å². The topological polar surface area (TPSA) is 44.2 Å². The molecule has 3 aromatic rings. The van der Waals surface area contributed by atoms with E-state index < -0.39 is 33.2 Å². The number of fused-ring (bicyclic) bond motifs is 1.